The van der Waals surface area contributed by atoms with Crippen LogP contribution < -0.4 is 9.47 Å². The van der Waals surface area contributed by atoms with Gasteiger partial charge in [0, 0.05) is 18.2 Å². The highest BCUT2D eigenvalue weighted by Crippen LogP contribution is 2.52. The van der Waals surface area contributed by atoms with Crippen molar-refractivity contribution < 1.29 is 24.1 Å². The van der Waals surface area contributed by atoms with Gasteiger partial charge in [-0.05, 0) is 25.0 Å². The summed E-state index contributed by atoms with van der Waals surface area (Å²) >= 11 is 0. The quantitative estimate of drug-likeness (QED) is 0.852. The first kappa shape index (κ1) is 13.7. The molecule has 1 fully saturated rings. The molecule has 0 heterocycles. The Kier molecular flexibility index (Phi) is 3.66. The third-order valence-electron chi connectivity index (χ3n) is 3.58. The van der Waals surface area contributed by atoms with Crippen LogP contribution in [0.15, 0.2) is 12.1 Å². The zero-order chi connectivity index (χ0) is 14.0. The van der Waals surface area contributed by atoms with E-state index in [4.69, 9.17) is 14.2 Å². The summed E-state index contributed by atoms with van der Waals surface area (Å²) in [6, 6.07) is 3.55. The van der Waals surface area contributed by atoms with Crippen molar-refractivity contribution in [3.63, 3.8) is 0 Å². The number of carboxylic acids is 1. The Bertz CT molecular complexity index is 491. The molecule has 104 valence electrons. The molecule has 0 spiro atoms. The molecule has 0 saturated heterocycles. The molecule has 0 aromatic heterocycles. The van der Waals surface area contributed by atoms with Crippen molar-refractivity contribution >= 4 is 5.97 Å². The van der Waals surface area contributed by atoms with Gasteiger partial charge in [-0.15, -0.1) is 0 Å². The van der Waals surface area contributed by atoms with E-state index >= 15 is 0 Å². The van der Waals surface area contributed by atoms with Crippen LogP contribution in [0.5, 0.6) is 11.5 Å². The van der Waals surface area contributed by atoms with Crippen molar-refractivity contribution in [1.82, 2.24) is 0 Å². The average Bonchev–Trinajstić information content (AvgIpc) is 3.20. The van der Waals surface area contributed by atoms with Crippen LogP contribution in [0, 0.1) is 0 Å². The summed E-state index contributed by atoms with van der Waals surface area (Å²) in [6.07, 6.45) is 1.26. The fraction of sp³-hybridized carbons (Fsp3) is 0.500. The Labute approximate surface area is 112 Å². The van der Waals surface area contributed by atoms with Crippen molar-refractivity contribution in [3.05, 3.63) is 23.3 Å². The Morgan fingerprint density at radius 2 is 1.84 bits per heavy atom. The fourth-order valence-electron chi connectivity index (χ4n) is 2.33. The summed E-state index contributed by atoms with van der Waals surface area (Å²) in [7, 11) is 4.70. The lowest BCUT2D eigenvalue weighted by Gasteiger charge is -2.18. The molecule has 0 amide bonds. The maximum atomic E-state index is 11.4. The number of hydrogen-bond donors (Lipinski definition) is 1. The summed E-state index contributed by atoms with van der Waals surface area (Å²) in [5.74, 6) is 0.394. The van der Waals surface area contributed by atoms with Gasteiger partial charge in [0.05, 0.1) is 26.2 Å². The Balaban J connectivity index is 2.52. The lowest BCUT2D eigenvalue weighted by Crippen LogP contribution is -2.20. The standard InChI is InChI=1S/C14H18O5/c1-17-8-9-6-12(19-3)10(7-11(9)18-2)14(4-5-14)13(15)16/h6-7H,4-5,8H2,1-3H3,(H,15,16). The minimum absolute atomic E-state index is 0.389. The molecule has 1 aromatic rings. The van der Waals surface area contributed by atoms with Gasteiger partial charge in [0.1, 0.15) is 11.5 Å². The second-order valence-corrected chi connectivity index (χ2v) is 4.68. The number of carbonyl (C=O) groups is 1. The van der Waals surface area contributed by atoms with Gasteiger partial charge in [-0.25, -0.2) is 0 Å². The van der Waals surface area contributed by atoms with E-state index in [0.29, 0.717) is 36.5 Å². The van der Waals surface area contributed by atoms with Gasteiger partial charge in [0.25, 0.3) is 0 Å². The molecule has 0 radical (unpaired) electrons. The second kappa shape index (κ2) is 5.09. The van der Waals surface area contributed by atoms with Crippen LogP contribution in [0.25, 0.3) is 0 Å². The third-order valence-corrected chi connectivity index (χ3v) is 3.58. The van der Waals surface area contributed by atoms with E-state index in [0.717, 1.165) is 5.56 Å². The third kappa shape index (κ3) is 2.26. The summed E-state index contributed by atoms with van der Waals surface area (Å²) in [6.45, 7) is 0.389. The van der Waals surface area contributed by atoms with Crippen LogP contribution in [-0.2, 0) is 21.6 Å². The zero-order valence-corrected chi connectivity index (χ0v) is 11.4. The van der Waals surface area contributed by atoms with Crippen molar-refractivity contribution in [1.29, 1.82) is 0 Å². The second-order valence-electron chi connectivity index (χ2n) is 4.68. The predicted octanol–water partition coefficient (Wildman–Crippen LogP) is 1.97. The molecule has 1 aliphatic carbocycles. The van der Waals surface area contributed by atoms with E-state index < -0.39 is 11.4 Å². The summed E-state index contributed by atoms with van der Waals surface area (Å²) < 4.78 is 15.8. The molecule has 19 heavy (non-hydrogen) atoms. The molecule has 0 aliphatic heterocycles. The van der Waals surface area contributed by atoms with Gasteiger partial charge < -0.3 is 19.3 Å². The maximum absolute atomic E-state index is 11.4. The van der Waals surface area contributed by atoms with E-state index in [-0.39, 0.29) is 0 Å². The predicted molar refractivity (Wildman–Crippen MR) is 68.8 cm³/mol. The van der Waals surface area contributed by atoms with Gasteiger partial charge in [0.15, 0.2) is 0 Å². The van der Waals surface area contributed by atoms with Gasteiger partial charge in [-0.2, -0.15) is 0 Å². The van der Waals surface area contributed by atoms with Crippen LogP contribution in [0.4, 0.5) is 0 Å². The van der Waals surface area contributed by atoms with Crippen molar-refractivity contribution in [2.75, 3.05) is 21.3 Å². The van der Waals surface area contributed by atoms with Crippen molar-refractivity contribution in [3.8, 4) is 11.5 Å². The largest absolute Gasteiger partial charge is 0.496 e. The molecule has 2 rings (SSSR count). The monoisotopic (exact) mass is 266 g/mol. The number of carboxylic acid groups (broad SMARTS) is 1. The SMILES string of the molecule is COCc1cc(OC)c(C2(C(=O)O)CC2)cc1OC. The Morgan fingerprint density at radius 3 is 2.26 bits per heavy atom. The summed E-state index contributed by atoms with van der Waals surface area (Å²) in [5, 5.41) is 9.39. The molecule has 0 unspecified atom stereocenters. The first-order valence-corrected chi connectivity index (χ1v) is 6.06. The van der Waals surface area contributed by atoms with Gasteiger partial charge >= 0.3 is 5.97 Å². The van der Waals surface area contributed by atoms with Crippen LogP contribution >= 0.6 is 0 Å². The molecule has 0 bridgehead atoms. The zero-order valence-electron chi connectivity index (χ0n) is 11.4. The Morgan fingerprint density at radius 1 is 1.21 bits per heavy atom. The first-order chi connectivity index (χ1) is 9.08. The molecule has 1 N–H and O–H groups in total. The molecule has 1 aliphatic rings. The highest BCUT2D eigenvalue weighted by Gasteiger charge is 2.53. The minimum Gasteiger partial charge on any atom is -0.496 e. The molecular formula is C14H18O5. The van der Waals surface area contributed by atoms with Crippen molar-refractivity contribution in [2.24, 2.45) is 0 Å². The normalized spacial score (nSPS) is 15.9. The van der Waals surface area contributed by atoms with Gasteiger partial charge in [0.2, 0.25) is 0 Å². The van der Waals surface area contributed by atoms with Crippen LogP contribution in [-0.4, -0.2) is 32.4 Å². The number of rotatable bonds is 6. The van der Waals surface area contributed by atoms with Crippen LogP contribution in [0.1, 0.15) is 24.0 Å². The van der Waals surface area contributed by atoms with Crippen LogP contribution in [0.2, 0.25) is 0 Å². The van der Waals surface area contributed by atoms with E-state index in [1.807, 2.05) is 0 Å². The van der Waals surface area contributed by atoms with Gasteiger partial charge in [-0.1, -0.05) is 0 Å². The van der Waals surface area contributed by atoms with E-state index in [9.17, 15) is 9.90 Å². The number of methoxy groups -OCH3 is 3. The maximum Gasteiger partial charge on any atom is 0.314 e. The van der Waals surface area contributed by atoms with E-state index in [2.05, 4.69) is 0 Å². The highest BCUT2D eigenvalue weighted by atomic mass is 16.5. The lowest BCUT2D eigenvalue weighted by atomic mass is 9.93. The van der Waals surface area contributed by atoms with Gasteiger partial charge in [-0.3, -0.25) is 4.79 Å². The minimum atomic E-state index is -0.815. The topological polar surface area (TPSA) is 65.0 Å². The summed E-state index contributed by atoms with van der Waals surface area (Å²) in [5.41, 5.74) is 0.704. The molecular weight excluding hydrogens is 248 g/mol. The molecule has 5 nitrogen and oxygen atoms in total. The smallest absolute Gasteiger partial charge is 0.314 e. The van der Waals surface area contributed by atoms with Crippen LogP contribution in [0.3, 0.4) is 0 Å². The Hall–Kier alpha value is -1.75. The highest BCUT2D eigenvalue weighted by molar-refractivity contribution is 5.86. The van der Waals surface area contributed by atoms with E-state index in [1.165, 1.54) is 0 Å². The molecule has 0 atom stereocenters. The number of hydrogen-bond acceptors (Lipinski definition) is 4. The summed E-state index contributed by atoms with van der Waals surface area (Å²) in [4.78, 5) is 11.4. The van der Waals surface area contributed by atoms with Crippen molar-refractivity contribution in [2.45, 2.75) is 24.9 Å². The number of aliphatic carboxylic acids is 1. The number of ether oxygens (including phenoxy) is 3. The first-order valence-electron chi connectivity index (χ1n) is 6.06. The number of benzene rings is 1. The fourth-order valence-corrected chi connectivity index (χ4v) is 2.33. The lowest BCUT2D eigenvalue weighted by molar-refractivity contribution is -0.140. The van der Waals surface area contributed by atoms with E-state index in [1.54, 1.807) is 33.5 Å². The molecule has 1 saturated carbocycles. The molecule has 5 heteroatoms. The molecule has 1 aromatic carbocycles. The average molecular weight is 266 g/mol.